The highest BCUT2D eigenvalue weighted by molar-refractivity contribution is 6.25. The van der Waals surface area contributed by atoms with E-state index >= 15 is 0 Å². The maximum atomic E-state index is 2.46. The van der Waals surface area contributed by atoms with Gasteiger partial charge in [-0.1, -0.05) is 218 Å². The summed E-state index contributed by atoms with van der Waals surface area (Å²) in [5.74, 6) is 0.330. The highest BCUT2D eigenvalue weighted by atomic mass is 15.0. The van der Waals surface area contributed by atoms with Crippen molar-refractivity contribution in [2.24, 2.45) is 0 Å². The van der Waals surface area contributed by atoms with E-state index in [2.05, 4.69) is 259 Å². The fourth-order valence-electron chi connectivity index (χ4n) is 10.9. The van der Waals surface area contributed by atoms with Gasteiger partial charge in [0.2, 0.25) is 0 Å². The van der Waals surface area contributed by atoms with Crippen molar-refractivity contribution >= 4 is 53.9 Å². The van der Waals surface area contributed by atoms with Crippen LogP contribution in [-0.2, 0) is 0 Å². The van der Waals surface area contributed by atoms with Crippen LogP contribution >= 0.6 is 0 Å². The summed E-state index contributed by atoms with van der Waals surface area (Å²) in [6.45, 7) is 0. The lowest BCUT2D eigenvalue weighted by molar-refractivity contribution is 0.786. The van der Waals surface area contributed by atoms with Crippen LogP contribution in [0, 0.1) is 0 Å². The highest BCUT2D eigenvalue weighted by Crippen LogP contribution is 2.48. The van der Waals surface area contributed by atoms with E-state index in [0.29, 0.717) is 5.92 Å². The zero-order chi connectivity index (χ0) is 44.3. The Hall–Kier alpha value is -8.52. The van der Waals surface area contributed by atoms with Gasteiger partial charge in [0.05, 0.1) is 5.69 Å². The Balaban J connectivity index is 0.912. The SMILES string of the molecule is C1=CCC(c2ccc(-c3ccccc3)n2-c2ccc3cc(-c4ccc(-c5ccc6c(-c7cccc8ccccc78)c7ccccc7c(-c7cccc8ccccc78)c6c5)cc4)ccc3c2)C=C1. The number of nitrogens with zero attached hydrogens (tertiary/aromatic N) is 1. The second-order valence-electron chi connectivity index (χ2n) is 17.9. The molecule has 11 aromatic carbocycles. The Morgan fingerprint density at radius 1 is 0.328 bits per heavy atom. The van der Waals surface area contributed by atoms with Crippen LogP contribution < -0.4 is 0 Å². The van der Waals surface area contributed by atoms with Crippen molar-refractivity contribution in [2.45, 2.75) is 12.3 Å². The fraction of sp³-hybridized carbons (Fsp3) is 0.0303. The first kappa shape index (κ1) is 38.9. The maximum Gasteiger partial charge on any atom is 0.0531 e. The van der Waals surface area contributed by atoms with Crippen molar-refractivity contribution in [3.8, 4) is 61.5 Å². The summed E-state index contributed by atoms with van der Waals surface area (Å²) >= 11 is 0. The zero-order valence-electron chi connectivity index (χ0n) is 37.0. The van der Waals surface area contributed by atoms with Crippen molar-refractivity contribution < 1.29 is 0 Å². The molecule has 13 rings (SSSR count). The molecule has 1 atom stereocenters. The fourth-order valence-corrected chi connectivity index (χ4v) is 10.9. The monoisotopic (exact) mass is 851 g/mol. The van der Waals surface area contributed by atoms with Gasteiger partial charge in [-0.3, -0.25) is 0 Å². The molecule has 1 aromatic heterocycles. The second-order valence-corrected chi connectivity index (χ2v) is 17.9. The van der Waals surface area contributed by atoms with Gasteiger partial charge in [0, 0.05) is 17.3 Å². The molecule has 314 valence electrons. The number of aromatic nitrogens is 1. The molecule has 1 aliphatic carbocycles. The van der Waals surface area contributed by atoms with E-state index in [0.717, 1.165) is 6.42 Å². The Morgan fingerprint density at radius 2 is 0.866 bits per heavy atom. The molecular weight excluding hydrogens is 807 g/mol. The van der Waals surface area contributed by atoms with E-state index in [-0.39, 0.29) is 0 Å². The number of allylic oxidation sites excluding steroid dienone is 4. The molecule has 0 N–H and O–H groups in total. The van der Waals surface area contributed by atoms with Crippen LogP contribution in [0.15, 0.2) is 255 Å². The molecule has 0 amide bonds. The Morgan fingerprint density at radius 3 is 1.54 bits per heavy atom. The Bertz CT molecular complexity index is 3930. The predicted molar refractivity (Wildman–Crippen MR) is 286 cm³/mol. The molecule has 0 saturated heterocycles. The summed E-state index contributed by atoms with van der Waals surface area (Å²) in [6.07, 6.45) is 9.93. The van der Waals surface area contributed by atoms with E-state index in [9.17, 15) is 0 Å². The summed E-state index contributed by atoms with van der Waals surface area (Å²) in [7, 11) is 0. The van der Waals surface area contributed by atoms with Gasteiger partial charge in [-0.2, -0.15) is 0 Å². The average molecular weight is 852 g/mol. The molecule has 1 nitrogen and oxygen atoms in total. The van der Waals surface area contributed by atoms with Gasteiger partial charge in [0.1, 0.15) is 0 Å². The third-order valence-corrected chi connectivity index (χ3v) is 14.1. The molecule has 67 heavy (non-hydrogen) atoms. The van der Waals surface area contributed by atoms with Crippen LogP contribution in [0.3, 0.4) is 0 Å². The topological polar surface area (TPSA) is 4.93 Å². The standard InChI is InChI=1S/C66H45N/c1-3-17-48(18-4-1)63-39-40-64(49-19-5-2-6-20-49)67(63)54-37-35-51-41-50(33-34-52(51)42-54)44-29-31-45(32-30-44)53-36-38-61-62(43-53)66(58-28-14-22-47-16-8-10-24-56(47)58)60-26-12-11-25-59(60)65(61)57-27-13-21-46-15-7-9-23-55(46)57/h1-19,21-43,49H,20H2. The highest BCUT2D eigenvalue weighted by Gasteiger charge is 2.21. The van der Waals surface area contributed by atoms with Crippen molar-refractivity contribution in [3.63, 3.8) is 0 Å². The first-order valence-corrected chi connectivity index (χ1v) is 23.4. The molecule has 1 unspecified atom stereocenters. The molecule has 12 aromatic rings. The molecule has 0 bridgehead atoms. The van der Waals surface area contributed by atoms with Crippen LogP contribution in [0.4, 0.5) is 0 Å². The minimum absolute atomic E-state index is 0.330. The quantitative estimate of drug-likeness (QED) is 0.141. The number of hydrogen-bond donors (Lipinski definition) is 0. The van der Waals surface area contributed by atoms with Gasteiger partial charge in [0.15, 0.2) is 0 Å². The molecule has 0 spiro atoms. The summed E-state index contributed by atoms with van der Waals surface area (Å²) in [5.41, 5.74) is 14.8. The van der Waals surface area contributed by atoms with Gasteiger partial charge in [-0.25, -0.2) is 0 Å². The van der Waals surface area contributed by atoms with Crippen molar-refractivity contribution in [1.82, 2.24) is 4.57 Å². The Kier molecular flexibility index (Phi) is 9.39. The molecule has 1 aliphatic rings. The summed E-state index contributed by atoms with van der Waals surface area (Å²) in [5, 5.41) is 12.5. The minimum Gasteiger partial charge on any atom is -0.313 e. The smallest absolute Gasteiger partial charge is 0.0531 e. The summed E-state index contributed by atoms with van der Waals surface area (Å²) < 4.78 is 2.46. The molecule has 0 radical (unpaired) electrons. The second kappa shape index (κ2) is 16.2. The van der Waals surface area contributed by atoms with Crippen molar-refractivity contribution in [3.05, 3.63) is 261 Å². The third kappa shape index (κ3) is 6.70. The number of fused-ring (bicyclic) bond motifs is 5. The number of benzene rings is 11. The van der Waals surface area contributed by atoms with Crippen LogP contribution in [0.5, 0.6) is 0 Å². The largest absolute Gasteiger partial charge is 0.313 e. The lowest BCUT2D eigenvalue weighted by Crippen LogP contribution is -2.07. The van der Waals surface area contributed by atoms with Gasteiger partial charge < -0.3 is 4.57 Å². The Labute approximate surface area is 390 Å². The maximum absolute atomic E-state index is 2.46. The van der Waals surface area contributed by atoms with Gasteiger partial charge in [-0.15, -0.1) is 0 Å². The van der Waals surface area contributed by atoms with E-state index < -0.39 is 0 Å². The lowest BCUT2D eigenvalue weighted by Gasteiger charge is -2.20. The normalized spacial score (nSPS) is 13.6. The molecule has 0 saturated carbocycles. The van der Waals surface area contributed by atoms with Crippen LogP contribution in [0.1, 0.15) is 18.0 Å². The molecular formula is C66H45N. The number of rotatable bonds is 7. The van der Waals surface area contributed by atoms with Gasteiger partial charge >= 0.3 is 0 Å². The van der Waals surface area contributed by atoms with Crippen LogP contribution in [0.25, 0.3) is 115 Å². The first-order valence-electron chi connectivity index (χ1n) is 23.4. The van der Waals surface area contributed by atoms with E-state index in [1.54, 1.807) is 0 Å². The predicted octanol–water partition coefficient (Wildman–Crippen LogP) is 18.2. The minimum atomic E-state index is 0.330. The van der Waals surface area contributed by atoms with E-state index in [4.69, 9.17) is 0 Å². The number of hydrogen-bond acceptors (Lipinski definition) is 0. The summed E-state index contributed by atoms with van der Waals surface area (Å²) in [4.78, 5) is 0. The summed E-state index contributed by atoms with van der Waals surface area (Å²) in [6, 6.07) is 85.5. The van der Waals surface area contributed by atoms with Gasteiger partial charge in [-0.05, 0) is 147 Å². The third-order valence-electron chi connectivity index (χ3n) is 14.1. The lowest BCUT2D eigenvalue weighted by atomic mass is 9.83. The van der Waals surface area contributed by atoms with Crippen molar-refractivity contribution in [1.29, 1.82) is 0 Å². The average Bonchev–Trinajstić information content (AvgIpc) is 3.86. The van der Waals surface area contributed by atoms with E-state index in [1.165, 1.54) is 121 Å². The van der Waals surface area contributed by atoms with Gasteiger partial charge in [0.25, 0.3) is 0 Å². The molecule has 1 heterocycles. The van der Waals surface area contributed by atoms with Crippen molar-refractivity contribution in [2.75, 3.05) is 0 Å². The molecule has 1 heteroatoms. The van der Waals surface area contributed by atoms with Crippen LogP contribution in [0.2, 0.25) is 0 Å². The molecule has 0 aliphatic heterocycles. The zero-order valence-corrected chi connectivity index (χ0v) is 37.0. The molecule has 0 fully saturated rings. The first-order chi connectivity index (χ1) is 33.2. The van der Waals surface area contributed by atoms with Crippen LogP contribution in [-0.4, -0.2) is 4.57 Å². The van der Waals surface area contributed by atoms with E-state index in [1.807, 2.05) is 0 Å².